The fourth-order valence-electron chi connectivity index (χ4n) is 4.53. The van der Waals surface area contributed by atoms with Gasteiger partial charge in [0.15, 0.2) is 0 Å². The Hall–Kier alpha value is -1.92. The summed E-state index contributed by atoms with van der Waals surface area (Å²) in [5.41, 5.74) is -1.05. The van der Waals surface area contributed by atoms with E-state index in [2.05, 4.69) is 0 Å². The molecule has 0 bridgehead atoms. The van der Waals surface area contributed by atoms with Crippen LogP contribution in [-0.4, -0.2) is 60.7 Å². The Labute approximate surface area is 172 Å². The molecule has 0 radical (unpaired) electrons. The maximum atomic E-state index is 13.3. The number of nitriles is 1. The summed E-state index contributed by atoms with van der Waals surface area (Å²) in [6.07, 6.45) is -1.31. The molecule has 0 aliphatic carbocycles. The van der Waals surface area contributed by atoms with Gasteiger partial charge in [0.05, 0.1) is 22.9 Å². The highest BCUT2D eigenvalue weighted by atomic mass is 32.2. The summed E-state index contributed by atoms with van der Waals surface area (Å²) >= 11 is 1.47. The summed E-state index contributed by atoms with van der Waals surface area (Å²) < 4.78 is 39.8. The molecule has 1 aromatic carbocycles. The van der Waals surface area contributed by atoms with Gasteiger partial charge in [-0.05, 0) is 42.7 Å². The highest BCUT2D eigenvalue weighted by molar-refractivity contribution is 7.99. The summed E-state index contributed by atoms with van der Waals surface area (Å²) in [5, 5.41) is 18.8. The molecular weight excluding hydrogens is 403 g/mol. The number of rotatable bonds is 4. The van der Waals surface area contributed by atoms with Gasteiger partial charge in [-0.1, -0.05) is 0 Å². The Morgan fingerprint density at radius 3 is 2.62 bits per heavy atom. The predicted octanol–water partition coefficient (Wildman–Crippen LogP) is 2.98. The van der Waals surface area contributed by atoms with E-state index in [1.807, 2.05) is 16.1 Å². The van der Waals surface area contributed by atoms with Crippen LogP contribution >= 0.6 is 11.8 Å². The molecule has 9 heteroatoms. The molecule has 0 saturated carbocycles. The van der Waals surface area contributed by atoms with Crippen molar-refractivity contribution in [2.24, 2.45) is 11.3 Å². The van der Waals surface area contributed by atoms with Gasteiger partial charge >= 0.3 is 6.18 Å². The fraction of sp³-hybridized carbons (Fsp3) is 0.600. The van der Waals surface area contributed by atoms with Crippen molar-refractivity contribution < 1.29 is 23.1 Å². The van der Waals surface area contributed by atoms with Gasteiger partial charge in [-0.25, -0.2) is 0 Å². The van der Waals surface area contributed by atoms with Gasteiger partial charge in [-0.2, -0.15) is 30.2 Å². The maximum absolute atomic E-state index is 13.3. The molecular formula is C20H24F3N3O2S. The third-order valence-electron chi connectivity index (χ3n) is 6.21. The van der Waals surface area contributed by atoms with Gasteiger partial charge < -0.3 is 14.9 Å². The van der Waals surface area contributed by atoms with Crippen molar-refractivity contribution in [2.75, 3.05) is 49.7 Å². The second-order valence-corrected chi connectivity index (χ2v) is 8.64. The average molecular weight is 427 g/mol. The van der Waals surface area contributed by atoms with Crippen molar-refractivity contribution in [1.82, 2.24) is 4.90 Å². The molecule has 2 aliphatic heterocycles. The van der Waals surface area contributed by atoms with Crippen LogP contribution in [0, 0.1) is 22.7 Å². The van der Waals surface area contributed by atoms with Crippen LogP contribution in [0.25, 0.3) is 0 Å². The topological polar surface area (TPSA) is 67.6 Å². The zero-order chi connectivity index (χ0) is 21.2. The molecule has 29 heavy (non-hydrogen) atoms. The number of amides is 1. The van der Waals surface area contributed by atoms with Gasteiger partial charge in [-0.15, -0.1) is 0 Å². The molecule has 0 aromatic heterocycles. The number of benzene rings is 1. The van der Waals surface area contributed by atoms with Crippen LogP contribution in [0.15, 0.2) is 18.2 Å². The Bertz CT molecular complexity index is 801. The number of halogens is 3. The number of thioether (sulfide) groups is 1. The molecule has 1 amide bonds. The third kappa shape index (κ3) is 4.33. The SMILES string of the molecule is CSCC(=O)N1CC(CO)C2(CCN(c3ccc(C#N)c(C(F)(F)F)c3)CC2)C1. The van der Waals surface area contributed by atoms with E-state index in [-0.39, 0.29) is 29.4 Å². The first-order valence-electron chi connectivity index (χ1n) is 9.48. The van der Waals surface area contributed by atoms with E-state index in [9.17, 15) is 23.1 Å². The smallest absolute Gasteiger partial charge is 0.396 e. The number of carbonyl (C=O) groups excluding carboxylic acids is 1. The Balaban J connectivity index is 1.75. The average Bonchev–Trinajstić information content (AvgIpc) is 3.06. The molecule has 1 unspecified atom stereocenters. The first kappa shape index (κ1) is 21.8. The summed E-state index contributed by atoms with van der Waals surface area (Å²) in [5.74, 6) is 0.463. The number of anilines is 1. The lowest BCUT2D eigenvalue weighted by Gasteiger charge is -2.43. The number of hydrogen-bond donors (Lipinski definition) is 1. The molecule has 2 aliphatic rings. The monoisotopic (exact) mass is 427 g/mol. The lowest BCUT2D eigenvalue weighted by atomic mass is 9.71. The standard InChI is InChI=1S/C20H24F3N3O2S/c1-29-12-18(28)26-10-15(11-27)19(13-26)4-6-25(7-5-19)16-3-2-14(9-24)17(8-16)20(21,22)23/h2-3,8,15,27H,4-7,10-13H2,1H3. The van der Waals surface area contributed by atoms with Crippen molar-refractivity contribution in [1.29, 1.82) is 5.26 Å². The predicted molar refractivity (Wildman–Crippen MR) is 106 cm³/mol. The number of likely N-dealkylation sites (tertiary alicyclic amines) is 1. The summed E-state index contributed by atoms with van der Waals surface area (Å²) in [7, 11) is 0. The van der Waals surface area contributed by atoms with E-state index < -0.39 is 11.7 Å². The highest BCUT2D eigenvalue weighted by Gasteiger charge is 2.48. The van der Waals surface area contributed by atoms with E-state index in [1.54, 1.807) is 12.1 Å². The number of aliphatic hydroxyl groups excluding tert-OH is 1. The van der Waals surface area contributed by atoms with E-state index in [0.29, 0.717) is 50.5 Å². The number of alkyl halides is 3. The Kier molecular flexibility index (Phi) is 6.34. The molecule has 2 fully saturated rings. The second-order valence-electron chi connectivity index (χ2n) is 7.78. The van der Waals surface area contributed by atoms with E-state index in [0.717, 1.165) is 6.07 Å². The van der Waals surface area contributed by atoms with Crippen molar-refractivity contribution in [3.05, 3.63) is 29.3 Å². The minimum absolute atomic E-state index is 0.00185. The normalized spacial score (nSPS) is 21.4. The zero-order valence-electron chi connectivity index (χ0n) is 16.2. The number of piperidine rings is 1. The Morgan fingerprint density at radius 1 is 1.38 bits per heavy atom. The largest absolute Gasteiger partial charge is 0.417 e. The van der Waals surface area contributed by atoms with Crippen molar-refractivity contribution in [2.45, 2.75) is 19.0 Å². The lowest BCUT2D eigenvalue weighted by Crippen LogP contribution is -2.45. The first-order valence-corrected chi connectivity index (χ1v) is 10.9. The van der Waals surface area contributed by atoms with Gasteiger partial charge in [-0.3, -0.25) is 4.79 Å². The van der Waals surface area contributed by atoms with Gasteiger partial charge in [0, 0.05) is 44.4 Å². The molecule has 1 atom stereocenters. The van der Waals surface area contributed by atoms with Crippen molar-refractivity contribution >= 4 is 23.4 Å². The van der Waals surface area contributed by atoms with E-state index in [1.165, 1.54) is 17.8 Å². The molecule has 1 spiro atoms. The quantitative estimate of drug-likeness (QED) is 0.800. The van der Waals surface area contributed by atoms with Crippen LogP contribution in [0.5, 0.6) is 0 Å². The molecule has 1 N–H and O–H groups in total. The summed E-state index contributed by atoms with van der Waals surface area (Å²) in [6, 6.07) is 5.42. The molecule has 3 rings (SSSR count). The van der Waals surface area contributed by atoms with Gasteiger partial charge in [0.2, 0.25) is 5.91 Å². The molecule has 5 nitrogen and oxygen atoms in total. The summed E-state index contributed by atoms with van der Waals surface area (Å²) in [4.78, 5) is 16.0. The minimum atomic E-state index is -4.58. The van der Waals surface area contributed by atoms with Gasteiger partial charge in [0.25, 0.3) is 0 Å². The molecule has 1 aromatic rings. The van der Waals surface area contributed by atoms with Crippen molar-refractivity contribution in [3.8, 4) is 6.07 Å². The van der Waals surface area contributed by atoms with Crippen LogP contribution < -0.4 is 4.90 Å². The van der Waals surface area contributed by atoms with Crippen LogP contribution in [0.3, 0.4) is 0 Å². The van der Waals surface area contributed by atoms with E-state index in [4.69, 9.17) is 5.26 Å². The second kappa shape index (κ2) is 8.44. The zero-order valence-corrected chi connectivity index (χ0v) is 17.0. The van der Waals surface area contributed by atoms with Crippen LogP contribution in [0.2, 0.25) is 0 Å². The minimum Gasteiger partial charge on any atom is -0.396 e. The van der Waals surface area contributed by atoms with Crippen LogP contribution in [0.1, 0.15) is 24.0 Å². The van der Waals surface area contributed by atoms with Gasteiger partial charge in [0.1, 0.15) is 0 Å². The summed E-state index contributed by atoms with van der Waals surface area (Å²) in [6.45, 7) is 2.21. The highest BCUT2D eigenvalue weighted by Crippen LogP contribution is 2.45. The first-order chi connectivity index (χ1) is 13.7. The molecule has 158 valence electrons. The lowest BCUT2D eigenvalue weighted by molar-refractivity contribution is -0.137. The number of nitrogens with zero attached hydrogens (tertiary/aromatic N) is 3. The number of carbonyl (C=O) groups is 1. The number of aliphatic hydroxyl groups is 1. The molecule has 2 saturated heterocycles. The Morgan fingerprint density at radius 2 is 2.07 bits per heavy atom. The fourth-order valence-corrected chi connectivity index (χ4v) is 4.96. The van der Waals surface area contributed by atoms with Crippen molar-refractivity contribution in [3.63, 3.8) is 0 Å². The molecule has 2 heterocycles. The maximum Gasteiger partial charge on any atom is 0.417 e. The third-order valence-corrected chi connectivity index (χ3v) is 6.74. The van der Waals surface area contributed by atoms with E-state index >= 15 is 0 Å². The number of hydrogen-bond acceptors (Lipinski definition) is 5. The van der Waals surface area contributed by atoms with Crippen LogP contribution in [0.4, 0.5) is 18.9 Å². The van der Waals surface area contributed by atoms with Crippen LogP contribution in [-0.2, 0) is 11.0 Å².